The van der Waals surface area contributed by atoms with Gasteiger partial charge in [0.1, 0.15) is 0 Å². The third-order valence-electron chi connectivity index (χ3n) is 4.91. The van der Waals surface area contributed by atoms with Crippen molar-refractivity contribution in [1.29, 1.82) is 0 Å². The van der Waals surface area contributed by atoms with Gasteiger partial charge in [0, 0.05) is 30.7 Å². The molecule has 0 spiro atoms. The van der Waals surface area contributed by atoms with Gasteiger partial charge < -0.3 is 13.9 Å². The van der Waals surface area contributed by atoms with Crippen LogP contribution in [0.25, 0.3) is 5.69 Å². The Balaban J connectivity index is 1.49. The molecule has 25 heavy (non-hydrogen) atoms. The average Bonchev–Trinajstić information content (AvgIpc) is 3.19. The zero-order valence-corrected chi connectivity index (χ0v) is 14.5. The Morgan fingerprint density at radius 2 is 2.16 bits per heavy atom. The first-order valence-corrected chi connectivity index (χ1v) is 8.53. The predicted molar refractivity (Wildman–Crippen MR) is 94.8 cm³/mol. The number of rotatable bonds is 4. The topological polar surface area (TPSA) is 51.3 Å². The molecule has 1 aliphatic heterocycles. The fourth-order valence-electron chi connectivity index (χ4n) is 3.64. The van der Waals surface area contributed by atoms with Gasteiger partial charge in [-0.2, -0.15) is 0 Å². The van der Waals surface area contributed by atoms with E-state index in [9.17, 15) is 4.79 Å². The van der Waals surface area contributed by atoms with Crippen molar-refractivity contribution < 1.29 is 9.21 Å². The second-order valence-electron chi connectivity index (χ2n) is 6.74. The Morgan fingerprint density at radius 3 is 2.84 bits per heavy atom. The van der Waals surface area contributed by atoms with E-state index in [1.807, 2.05) is 49.2 Å². The van der Waals surface area contributed by atoms with Crippen LogP contribution >= 0.6 is 0 Å². The lowest BCUT2D eigenvalue weighted by Gasteiger charge is -2.39. The molecule has 0 aromatic carbocycles. The summed E-state index contributed by atoms with van der Waals surface area (Å²) in [4.78, 5) is 19.0. The molecule has 3 aromatic heterocycles. The first kappa shape index (κ1) is 15.7. The minimum atomic E-state index is 0.117. The molecule has 128 valence electrons. The van der Waals surface area contributed by atoms with Crippen molar-refractivity contribution in [3.8, 4) is 5.69 Å². The first-order chi connectivity index (χ1) is 12.1. The van der Waals surface area contributed by atoms with E-state index in [1.54, 1.807) is 18.7 Å². The van der Waals surface area contributed by atoms with Crippen LogP contribution in [0.4, 0.5) is 0 Å². The van der Waals surface area contributed by atoms with Gasteiger partial charge in [-0.15, -0.1) is 0 Å². The number of amides is 1. The summed E-state index contributed by atoms with van der Waals surface area (Å²) in [5, 5.41) is 0. The van der Waals surface area contributed by atoms with Gasteiger partial charge in [0.15, 0.2) is 0 Å². The maximum atomic E-state index is 12.9. The van der Waals surface area contributed by atoms with Gasteiger partial charge in [0.2, 0.25) is 0 Å². The average molecular weight is 335 g/mol. The van der Waals surface area contributed by atoms with E-state index in [4.69, 9.17) is 4.42 Å². The van der Waals surface area contributed by atoms with Gasteiger partial charge in [-0.25, -0.2) is 0 Å². The van der Waals surface area contributed by atoms with E-state index in [0.717, 1.165) is 42.1 Å². The summed E-state index contributed by atoms with van der Waals surface area (Å²) in [5.41, 5.74) is 4.98. The number of hydrogen-bond donors (Lipinski definition) is 0. The molecule has 0 atom stereocenters. The maximum absolute atomic E-state index is 12.9. The highest BCUT2D eigenvalue weighted by Crippen LogP contribution is 2.26. The van der Waals surface area contributed by atoms with Crippen molar-refractivity contribution in [3.63, 3.8) is 0 Å². The molecule has 0 radical (unpaired) electrons. The van der Waals surface area contributed by atoms with Crippen LogP contribution in [-0.4, -0.2) is 33.4 Å². The fourth-order valence-corrected chi connectivity index (χ4v) is 3.64. The summed E-state index contributed by atoms with van der Waals surface area (Å²) < 4.78 is 7.20. The number of carbonyl (C=O) groups is 1. The lowest BCUT2D eigenvalue weighted by molar-refractivity contribution is 0.0500. The molecular weight excluding hydrogens is 314 g/mol. The lowest BCUT2D eigenvalue weighted by Crippen LogP contribution is -2.50. The van der Waals surface area contributed by atoms with Crippen LogP contribution in [0.3, 0.4) is 0 Å². The van der Waals surface area contributed by atoms with Crippen LogP contribution in [0.1, 0.15) is 27.3 Å². The summed E-state index contributed by atoms with van der Waals surface area (Å²) in [5.74, 6) is 0.634. The van der Waals surface area contributed by atoms with Gasteiger partial charge >= 0.3 is 0 Å². The zero-order valence-electron chi connectivity index (χ0n) is 14.5. The first-order valence-electron chi connectivity index (χ1n) is 8.53. The summed E-state index contributed by atoms with van der Waals surface area (Å²) >= 11 is 0. The van der Waals surface area contributed by atoms with Gasteiger partial charge in [-0.1, -0.05) is 0 Å². The Morgan fingerprint density at radius 1 is 1.32 bits per heavy atom. The lowest BCUT2D eigenvalue weighted by atomic mass is 9.92. The molecule has 3 aromatic rings. The van der Waals surface area contributed by atoms with Crippen LogP contribution in [0.5, 0.6) is 0 Å². The Hall–Kier alpha value is -2.82. The number of nitrogens with zero attached hydrogens (tertiary/aromatic N) is 3. The van der Waals surface area contributed by atoms with E-state index < -0.39 is 0 Å². The smallest absolute Gasteiger partial charge is 0.255 e. The number of aryl methyl sites for hydroxylation is 1. The van der Waals surface area contributed by atoms with E-state index in [-0.39, 0.29) is 5.91 Å². The molecule has 0 bridgehead atoms. The molecule has 1 fully saturated rings. The highest BCUT2D eigenvalue weighted by molar-refractivity contribution is 5.96. The van der Waals surface area contributed by atoms with Gasteiger partial charge in [0.25, 0.3) is 5.91 Å². The van der Waals surface area contributed by atoms with Gasteiger partial charge in [-0.3, -0.25) is 9.78 Å². The van der Waals surface area contributed by atoms with E-state index in [0.29, 0.717) is 5.92 Å². The highest BCUT2D eigenvalue weighted by atomic mass is 16.3. The van der Waals surface area contributed by atoms with Crippen molar-refractivity contribution in [2.75, 3.05) is 13.1 Å². The molecule has 0 aliphatic carbocycles. The number of hydrogen-bond acceptors (Lipinski definition) is 3. The molecule has 4 heterocycles. The minimum absolute atomic E-state index is 0.117. The second kappa shape index (κ2) is 6.24. The quantitative estimate of drug-likeness (QED) is 0.734. The molecule has 4 rings (SSSR count). The second-order valence-corrected chi connectivity index (χ2v) is 6.74. The Bertz CT molecular complexity index is 875. The van der Waals surface area contributed by atoms with Crippen LogP contribution in [0, 0.1) is 19.8 Å². The molecule has 5 heteroatoms. The molecule has 1 amide bonds. The maximum Gasteiger partial charge on any atom is 0.255 e. The number of likely N-dealkylation sites (tertiary alicyclic amines) is 1. The zero-order chi connectivity index (χ0) is 17.4. The van der Waals surface area contributed by atoms with E-state index in [1.165, 1.54) is 5.56 Å². The largest absolute Gasteiger partial charge is 0.472 e. The van der Waals surface area contributed by atoms with Gasteiger partial charge in [0.05, 0.1) is 30.0 Å². The monoisotopic (exact) mass is 335 g/mol. The number of furan rings is 1. The molecule has 5 nitrogen and oxygen atoms in total. The van der Waals surface area contributed by atoms with Gasteiger partial charge in [-0.05, 0) is 56.0 Å². The number of carbonyl (C=O) groups excluding carboxylic acids is 1. The normalized spacial score (nSPS) is 14.6. The van der Waals surface area contributed by atoms with Crippen molar-refractivity contribution in [1.82, 2.24) is 14.5 Å². The molecule has 1 aliphatic rings. The van der Waals surface area contributed by atoms with E-state index in [2.05, 4.69) is 9.55 Å². The SMILES string of the molecule is Cc1cc(C(=O)N2CC(Cc3ccoc3)C2)c(C)n1-c1cccnc1. The summed E-state index contributed by atoms with van der Waals surface area (Å²) in [6.07, 6.45) is 8.02. The van der Waals surface area contributed by atoms with Crippen LogP contribution in [0.2, 0.25) is 0 Å². The minimum Gasteiger partial charge on any atom is -0.472 e. The molecule has 0 saturated carbocycles. The van der Waals surface area contributed by atoms with Crippen molar-refractivity contribution in [2.45, 2.75) is 20.3 Å². The third kappa shape index (κ3) is 2.86. The predicted octanol–water partition coefficient (Wildman–Crippen LogP) is 3.40. The summed E-state index contributed by atoms with van der Waals surface area (Å²) in [7, 11) is 0. The van der Waals surface area contributed by atoms with Crippen LogP contribution in [0.15, 0.2) is 53.6 Å². The van der Waals surface area contributed by atoms with Crippen LogP contribution < -0.4 is 0 Å². The van der Waals surface area contributed by atoms with Crippen LogP contribution in [-0.2, 0) is 6.42 Å². The number of aromatic nitrogens is 2. The molecule has 0 N–H and O–H groups in total. The summed E-state index contributed by atoms with van der Waals surface area (Å²) in [6, 6.07) is 7.89. The fraction of sp³-hybridized carbons (Fsp3) is 0.300. The Kier molecular flexibility index (Phi) is 3.92. The standard InChI is InChI=1S/C20H21N3O2/c1-14-8-19(15(2)23(14)18-4-3-6-21-10-18)20(24)22-11-17(12-22)9-16-5-7-25-13-16/h3-8,10,13,17H,9,11-12H2,1-2H3. The Labute approximate surface area is 146 Å². The van der Waals surface area contributed by atoms with Crippen molar-refractivity contribution >= 4 is 5.91 Å². The van der Waals surface area contributed by atoms with Crippen molar-refractivity contribution in [3.05, 3.63) is 71.7 Å². The summed E-state index contributed by atoms with van der Waals surface area (Å²) in [6.45, 7) is 5.63. The van der Waals surface area contributed by atoms with Crippen molar-refractivity contribution in [2.24, 2.45) is 5.92 Å². The number of pyridine rings is 1. The molecule has 0 unspecified atom stereocenters. The van der Waals surface area contributed by atoms with E-state index >= 15 is 0 Å². The molecular formula is C20H21N3O2. The third-order valence-corrected chi connectivity index (χ3v) is 4.91. The molecule has 1 saturated heterocycles. The highest BCUT2D eigenvalue weighted by Gasteiger charge is 2.33.